The number of halogens is 2. The molecule has 4 nitrogen and oxygen atoms in total. The van der Waals surface area contributed by atoms with E-state index in [9.17, 15) is 4.79 Å². The first-order valence-corrected chi connectivity index (χ1v) is 7.04. The van der Waals surface area contributed by atoms with Gasteiger partial charge in [0.25, 0.3) is 0 Å². The van der Waals surface area contributed by atoms with E-state index in [-0.39, 0.29) is 5.97 Å². The van der Waals surface area contributed by atoms with Crippen LogP contribution >= 0.6 is 23.2 Å². The molecule has 0 N–H and O–H groups in total. The molecule has 0 aromatic heterocycles. The number of carbonyl (C=O) groups excluding carboxylic acids is 1. The van der Waals surface area contributed by atoms with Crippen LogP contribution in [0.5, 0.6) is 0 Å². The Morgan fingerprint density at radius 1 is 1.20 bits per heavy atom. The Balaban J connectivity index is 2.62. The van der Waals surface area contributed by atoms with Crippen molar-refractivity contribution < 1.29 is 14.3 Å². The van der Waals surface area contributed by atoms with Crippen LogP contribution in [0, 0.1) is 0 Å². The highest BCUT2D eigenvalue weighted by Gasteiger charge is 2.10. The SMILES string of the molecule is COCCN(CCC(=O)OC)Cc1ccc(Cl)c(Cl)c1. The second kappa shape index (κ2) is 9.19. The maximum Gasteiger partial charge on any atom is 0.306 e. The minimum atomic E-state index is -0.221. The fraction of sp³-hybridized carbons (Fsp3) is 0.500. The van der Waals surface area contributed by atoms with Crippen molar-refractivity contribution in [1.82, 2.24) is 4.90 Å². The molecule has 6 heteroatoms. The average molecular weight is 320 g/mol. The van der Waals surface area contributed by atoms with Crippen LogP contribution in [0.2, 0.25) is 10.0 Å². The zero-order valence-corrected chi connectivity index (χ0v) is 13.2. The van der Waals surface area contributed by atoms with E-state index in [2.05, 4.69) is 9.64 Å². The number of methoxy groups -OCH3 is 2. The van der Waals surface area contributed by atoms with Crippen LogP contribution in [0.25, 0.3) is 0 Å². The Kier molecular flexibility index (Phi) is 7.92. The average Bonchev–Trinajstić information content (AvgIpc) is 2.45. The van der Waals surface area contributed by atoms with Gasteiger partial charge in [-0.2, -0.15) is 0 Å². The van der Waals surface area contributed by atoms with Gasteiger partial charge in [-0.3, -0.25) is 9.69 Å². The lowest BCUT2D eigenvalue weighted by Crippen LogP contribution is -2.29. The molecule has 0 saturated heterocycles. The molecule has 20 heavy (non-hydrogen) atoms. The molecule has 0 bridgehead atoms. The van der Waals surface area contributed by atoms with Crippen LogP contribution < -0.4 is 0 Å². The number of nitrogens with zero attached hydrogens (tertiary/aromatic N) is 1. The summed E-state index contributed by atoms with van der Waals surface area (Å²) in [5, 5.41) is 1.07. The van der Waals surface area contributed by atoms with Crippen molar-refractivity contribution in [2.75, 3.05) is 33.9 Å². The summed E-state index contributed by atoms with van der Waals surface area (Å²) in [5.41, 5.74) is 1.04. The van der Waals surface area contributed by atoms with Crippen LogP contribution in [0.3, 0.4) is 0 Å². The number of rotatable bonds is 8. The molecule has 0 radical (unpaired) electrons. The van der Waals surface area contributed by atoms with Crippen molar-refractivity contribution >= 4 is 29.2 Å². The molecule has 0 aliphatic rings. The molecule has 0 spiro atoms. The number of benzene rings is 1. The number of ether oxygens (including phenoxy) is 2. The monoisotopic (exact) mass is 319 g/mol. The molecule has 0 fully saturated rings. The third-order valence-corrected chi connectivity index (χ3v) is 3.60. The van der Waals surface area contributed by atoms with Gasteiger partial charge in [-0.1, -0.05) is 29.3 Å². The Morgan fingerprint density at radius 2 is 1.95 bits per heavy atom. The Morgan fingerprint density at radius 3 is 2.55 bits per heavy atom. The molecule has 1 aromatic rings. The Labute approximate surface area is 129 Å². The van der Waals surface area contributed by atoms with Gasteiger partial charge in [-0.25, -0.2) is 0 Å². The second-order valence-corrected chi connectivity index (χ2v) is 5.16. The summed E-state index contributed by atoms with van der Waals surface area (Å²) < 4.78 is 9.74. The molecule has 0 aliphatic carbocycles. The zero-order chi connectivity index (χ0) is 15.0. The molecule has 0 saturated carbocycles. The minimum Gasteiger partial charge on any atom is -0.469 e. The number of hydrogen-bond acceptors (Lipinski definition) is 4. The summed E-state index contributed by atoms with van der Waals surface area (Å²) in [5.74, 6) is -0.221. The van der Waals surface area contributed by atoms with Gasteiger partial charge in [0, 0.05) is 26.7 Å². The zero-order valence-electron chi connectivity index (χ0n) is 11.7. The fourth-order valence-corrected chi connectivity index (χ4v) is 2.06. The molecule has 1 rings (SSSR count). The van der Waals surface area contributed by atoms with E-state index in [0.717, 1.165) is 12.1 Å². The van der Waals surface area contributed by atoms with E-state index in [0.29, 0.717) is 36.2 Å². The van der Waals surface area contributed by atoms with Crippen LogP contribution in [0.4, 0.5) is 0 Å². The lowest BCUT2D eigenvalue weighted by Gasteiger charge is -2.21. The Hall–Kier alpha value is -0.810. The highest BCUT2D eigenvalue weighted by atomic mass is 35.5. The first kappa shape index (κ1) is 17.2. The molecule has 1 aromatic carbocycles. The van der Waals surface area contributed by atoms with Crippen LogP contribution in [0.1, 0.15) is 12.0 Å². The summed E-state index contributed by atoms with van der Waals surface area (Å²) >= 11 is 11.9. The maximum atomic E-state index is 11.2. The Bertz CT molecular complexity index is 440. The number of hydrogen-bond donors (Lipinski definition) is 0. The predicted octanol–water partition coefficient (Wildman–Crippen LogP) is 3.00. The number of carbonyl (C=O) groups is 1. The minimum absolute atomic E-state index is 0.221. The van der Waals surface area contributed by atoms with Crippen molar-refractivity contribution in [2.45, 2.75) is 13.0 Å². The van der Waals surface area contributed by atoms with Gasteiger partial charge in [0.05, 0.1) is 30.2 Å². The van der Waals surface area contributed by atoms with Crippen LogP contribution in [0.15, 0.2) is 18.2 Å². The van der Waals surface area contributed by atoms with Crippen molar-refractivity contribution in [3.05, 3.63) is 33.8 Å². The quantitative estimate of drug-likeness (QED) is 0.690. The van der Waals surface area contributed by atoms with E-state index in [1.54, 1.807) is 13.2 Å². The second-order valence-electron chi connectivity index (χ2n) is 4.34. The lowest BCUT2D eigenvalue weighted by atomic mass is 10.2. The maximum absolute atomic E-state index is 11.2. The molecular formula is C14H19Cl2NO3. The third-order valence-electron chi connectivity index (χ3n) is 2.86. The summed E-state index contributed by atoms with van der Waals surface area (Å²) in [6.45, 7) is 2.61. The topological polar surface area (TPSA) is 38.8 Å². The first-order chi connectivity index (χ1) is 9.56. The van der Waals surface area contributed by atoms with Crippen molar-refractivity contribution in [3.8, 4) is 0 Å². The molecule has 112 valence electrons. The predicted molar refractivity (Wildman–Crippen MR) is 80.2 cm³/mol. The van der Waals surface area contributed by atoms with Gasteiger partial charge >= 0.3 is 5.97 Å². The van der Waals surface area contributed by atoms with Crippen LogP contribution in [-0.4, -0.2) is 44.8 Å². The van der Waals surface area contributed by atoms with Crippen molar-refractivity contribution in [1.29, 1.82) is 0 Å². The van der Waals surface area contributed by atoms with E-state index in [1.165, 1.54) is 7.11 Å². The smallest absolute Gasteiger partial charge is 0.306 e. The largest absolute Gasteiger partial charge is 0.469 e. The normalized spacial score (nSPS) is 10.8. The van der Waals surface area contributed by atoms with Gasteiger partial charge in [0.2, 0.25) is 0 Å². The van der Waals surface area contributed by atoms with Gasteiger partial charge in [-0.05, 0) is 17.7 Å². The highest BCUT2D eigenvalue weighted by molar-refractivity contribution is 6.42. The number of esters is 1. The van der Waals surface area contributed by atoms with Crippen molar-refractivity contribution in [3.63, 3.8) is 0 Å². The third kappa shape index (κ3) is 6.09. The molecule has 0 aliphatic heterocycles. The van der Waals surface area contributed by atoms with Gasteiger partial charge in [0.1, 0.15) is 0 Å². The molecule has 0 heterocycles. The highest BCUT2D eigenvalue weighted by Crippen LogP contribution is 2.23. The van der Waals surface area contributed by atoms with Crippen LogP contribution in [-0.2, 0) is 20.8 Å². The summed E-state index contributed by atoms with van der Waals surface area (Å²) in [4.78, 5) is 13.3. The summed E-state index contributed by atoms with van der Waals surface area (Å²) in [6, 6.07) is 5.53. The van der Waals surface area contributed by atoms with Crippen molar-refractivity contribution in [2.24, 2.45) is 0 Å². The molecule has 0 amide bonds. The van der Waals surface area contributed by atoms with E-state index >= 15 is 0 Å². The van der Waals surface area contributed by atoms with Gasteiger partial charge in [0.15, 0.2) is 0 Å². The van der Waals surface area contributed by atoms with E-state index < -0.39 is 0 Å². The molecular weight excluding hydrogens is 301 g/mol. The standard InChI is InChI=1S/C14H19Cl2NO3/c1-19-8-7-17(6-5-14(18)20-2)10-11-3-4-12(15)13(16)9-11/h3-4,9H,5-8,10H2,1-2H3. The van der Waals surface area contributed by atoms with Gasteiger partial charge < -0.3 is 9.47 Å². The van der Waals surface area contributed by atoms with E-state index in [4.69, 9.17) is 27.9 Å². The fourth-order valence-electron chi connectivity index (χ4n) is 1.74. The lowest BCUT2D eigenvalue weighted by molar-refractivity contribution is -0.141. The van der Waals surface area contributed by atoms with Gasteiger partial charge in [-0.15, -0.1) is 0 Å². The summed E-state index contributed by atoms with van der Waals surface area (Å²) in [7, 11) is 3.04. The first-order valence-electron chi connectivity index (χ1n) is 6.29. The summed E-state index contributed by atoms with van der Waals surface area (Å²) in [6.07, 6.45) is 0.349. The molecule has 0 unspecified atom stereocenters. The van der Waals surface area contributed by atoms with E-state index in [1.807, 2.05) is 12.1 Å². The molecule has 0 atom stereocenters.